The fraction of sp³-hybridized carbons (Fsp3) is 0.222. The molecule has 2 aromatic rings. The van der Waals surface area contributed by atoms with Gasteiger partial charge in [0.2, 0.25) is 0 Å². The molecule has 1 atom stereocenters. The van der Waals surface area contributed by atoms with Gasteiger partial charge in [-0.3, -0.25) is 0 Å². The molecule has 0 spiro atoms. The first-order chi connectivity index (χ1) is 10.9. The van der Waals surface area contributed by atoms with E-state index < -0.39 is 9.84 Å². The minimum absolute atomic E-state index is 0.125. The summed E-state index contributed by atoms with van der Waals surface area (Å²) in [5, 5.41) is 1.33. The Morgan fingerprint density at radius 3 is 2.04 bits per heavy atom. The number of benzene rings is 2. The molecule has 1 aliphatic heterocycles. The quantitative estimate of drug-likeness (QED) is 0.781. The lowest BCUT2D eigenvalue weighted by Gasteiger charge is -2.28. The van der Waals surface area contributed by atoms with Crippen LogP contribution in [0.4, 0.5) is 5.69 Å². The molecule has 0 fully saturated rings. The fourth-order valence-electron chi connectivity index (χ4n) is 2.42. The van der Waals surface area contributed by atoms with Gasteiger partial charge in [-0.05, 0) is 56.1 Å². The average molecular weight is 345 g/mol. The summed E-state index contributed by atoms with van der Waals surface area (Å²) in [7, 11) is -3.09. The number of hydrogen-bond donors (Lipinski definition) is 0. The van der Waals surface area contributed by atoms with E-state index in [9.17, 15) is 8.42 Å². The van der Waals surface area contributed by atoms with Gasteiger partial charge in [0.05, 0.1) is 11.8 Å². The van der Waals surface area contributed by atoms with Crippen LogP contribution in [0.1, 0.15) is 11.1 Å². The highest BCUT2D eigenvalue weighted by atomic mass is 32.2. The summed E-state index contributed by atoms with van der Waals surface area (Å²) in [6.45, 7) is 4.10. The molecule has 0 saturated carbocycles. The SMILES string of the molecule is Cc1ccc(SN(c2ccc(C)cc2)[C@H]2C=CS(=O)(=O)C2)cc1. The monoisotopic (exact) mass is 345 g/mol. The lowest BCUT2D eigenvalue weighted by molar-refractivity contribution is 0.604. The first kappa shape index (κ1) is 16.1. The molecule has 1 aliphatic rings. The van der Waals surface area contributed by atoms with Crippen LogP contribution in [-0.2, 0) is 9.84 Å². The maximum Gasteiger partial charge on any atom is 0.173 e. The molecule has 0 N–H and O–H groups in total. The van der Waals surface area contributed by atoms with E-state index in [1.165, 1.54) is 16.5 Å². The topological polar surface area (TPSA) is 37.4 Å². The van der Waals surface area contributed by atoms with Crippen molar-refractivity contribution < 1.29 is 8.42 Å². The van der Waals surface area contributed by atoms with Gasteiger partial charge >= 0.3 is 0 Å². The van der Waals surface area contributed by atoms with E-state index in [-0.39, 0.29) is 11.8 Å². The highest BCUT2D eigenvalue weighted by Crippen LogP contribution is 2.34. The van der Waals surface area contributed by atoms with Gasteiger partial charge in [0.1, 0.15) is 0 Å². The van der Waals surface area contributed by atoms with E-state index in [0.29, 0.717) is 0 Å². The standard InChI is InChI=1S/C18H19NO2S2/c1-14-3-7-16(8-4-14)19(17-11-12-23(20,21)13-17)22-18-9-5-15(2)6-10-18/h3-12,17H,13H2,1-2H3/t17-/m0/s1. The van der Waals surface area contributed by atoms with Crippen molar-refractivity contribution in [1.29, 1.82) is 0 Å². The molecule has 0 radical (unpaired) electrons. The fourth-order valence-corrected chi connectivity index (χ4v) is 4.78. The van der Waals surface area contributed by atoms with Crippen molar-refractivity contribution in [2.45, 2.75) is 24.8 Å². The van der Waals surface area contributed by atoms with Crippen molar-refractivity contribution in [3.05, 3.63) is 71.1 Å². The molecule has 1 heterocycles. The summed E-state index contributed by atoms with van der Waals surface area (Å²) < 4.78 is 25.7. The second-order valence-corrected chi connectivity index (χ2v) is 8.77. The Balaban J connectivity index is 1.91. The van der Waals surface area contributed by atoms with Crippen molar-refractivity contribution in [2.75, 3.05) is 10.1 Å². The summed E-state index contributed by atoms with van der Waals surface area (Å²) in [4.78, 5) is 1.09. The zero-order chi connectivity index (χ0) is 16.4. The molecule has 3 nitrogen and oxygen atoms in total. The van der Waals surface area contributed by atoms with Crippen molar-refractivity contribution in [1.82, 2.24) is 0 Å². The number of anilines is 1. The number of aryl methyl sites for hydroxylation is 2. The third-order valence-electron chi connectivity index (χ3n) is 3.73. The van der Waals surface area contributed by atoms with E-state index in [1.54, 1.807) is 18.0 Å². The minimum atomic E-state index is -3.09. The number of nitrogens with zero attached hydrogens (tertiary/aromatic N) is 1. The van der Waals surface area contributed by atoms with Crippen LogP contribution in [0.5, 0.6) is 0 Å². The van der Waals surface area contributed by atoms with Gasteiger partial charge in [0, 0.05) is 16.0 Å². The van der Waals surface area contributed by atoms with Crippen LogP contribution in [0.15, 0.2) is 64.9 Å². The van der Waals surface area contributed by atoms with Gasteiger partial charge < -0.3 is 4.31 Å². The Morgan fingerprint density at radius 2 is 1.52 bits per heavy atom. The molecule has 3 rings (SSSR count). The zero-order valence-electron chi connectivity index (χ0n) is 13.1. The van der Waals surface area contributed by atoms with Crippen molar-refractivity contribution in [2.24, 2.45) is 0 Å². The molecule has 0 aliphatic carbocycles. The summed E-state index contributed by atoms with van der Waals surface area (Å²) in [6.07, 6.45) is 1.77. The van der Waals surface area contributed by atoms with Crippen molar-refractivity contribution >= 4 is 27.5 Å². The molecule has 5 heteroatoms. The average Bonchev–Trinajstić information content (AvgIpc) is 2.88. The maximum absolute atomic E-state index is 11.8. The Hall–Kier alpha value is -1.72. The second-order valence-electron chi connectivity index (χ2n) is 5.79. The third kappa shape index (κ3) is 3.98. The molecular weight excluding hydrogens is 326 g/mol. The molecule has 120 valence electrons. The third-order valence-corrected chi connectivity index (χ3v) is 6.26. The van der Waals surface area contributed by atoms with Crippen LogP contribution in [-0.4, -0.2) is 20.2 Å². The molecular formula is C18H19NO2S2. The Kier molecular flexibility index (Phi) is 4.50. The van der Waals surface area contributed by atoms with Gasteiger partial charge in [-0.15, -0.1) is 0 Å². The van der Waals surface area contributed by atoms with Crippen LogP contribution in [0.2, 0.25) is 0 Å². The van der Waals surface area contributed by atoms with Gasteiger partial charge in [0.25, 0.3) is 0 Å². The largest absolute Gasteiger partial charge is 0.304 e. The predicted molar refractivity (Wildman–Crippen MR) is 97.4 cm³/mol. The van der Waals surface area contributed by atoms with E-state index in [0.717, 1.165) is 10.6 Å². The Bertz CT molecular complexity index is 809. The zero-order valence-corrected chi connectivity index (χ0v) is 14.8. The van der Waals surface area contributed by atoms with Gasteiger partial charge in [-0.1, -0.05) is 35.4 Å². The molecule has 0 unspecified atom stereocenters. The smallest absolute Gasteiger partial charge is 0.173 e. The van der Waals surface area contributed by atoms with E-state index in [2.05, 4.69) is 35.5 Å². The van der Waals surface area contributed by atoms with Gasteiger partial charge in [0.15, 0.2) is 9.84 Å². The first-order valence-electron chi connectivity index (χ1n) is 7.44. The predicted octanol–water partition coefficient (Wildman–Crippen LogP) is 4.13. The van der Waals surface area contributed by atoms with Gasteiger partial charge in [-0.25, -0.2) is 8.42 Å². The molecule has 0 aromatic heterocycles. The van der Waals surface area contributed by atoms with Crippen LogP contribution >= 0.6 is 11.9 Å². The Labute approximate surface area is 142 Å². The van der Waals surface area contributed by atoms with E-state index in [1.807, 2.05) is 31.2 Å². The molecule has 0 bridgehead atoms. The minimum Gasteiger partial charge on any atom is -0.304 e. The number of sulfone groups is 1. The molecule has 0 saturated heterocycles. The van der Waals surface area contributed by atoms with Crippen LogP contribution in [0.25, 0.3) is 0 Å². The van der Waals surface area contributed by atoms with E-state index in [4.69, 9.17) is 0 Å². The summed E-state index contributed by atoms with van der Waals surface area (Å²) in [5.41, 5.74) is 3.40. The van der Waals surface area contributed by atoms with Crippen LogP contribution in [0, 0.1) is 13.8 Å². The maximum atomic E-state index is 11.8. The second kappa shape index (κ2) is 6.42. The molecule has 2 aromatic carbocycles. The summed E-state index contributed by atoms with van der Waals surface area (Å²) in [6, 6.07) is 16.3. The number of rotatable bonds is 4. The van der Waals surface area contributed by atoms with Crippen LogP contribution < -0.4 is 4.31 Å². The van der Waals surface area contributed by atoms with Crippen LogP contribution in [0.3, 0.4) is 0 Å². The Morgan fingerprint density at radius 1 is 0.957 bits per heavy atom. The molecule has 0 amide bonds. The lowest BCUT2D eigenvalue weighted by Crippen LogP contribution is -2.30. The van der Waals surface area contributed by atoms with Gasteiger partial charge in [-0.2, -0.15) is 0 Å². The highest BCUT2D eigenvalue weighted by molar-refractivity contribution is 8.01. The normalized spacial score (nSPS) is 19.0. The first-order valence-corrected chi connectivity index (χ1v) is 9.93. The van der Waals surface area contributed by atoms with E-state index >= 15 is 0 Å². The van der Waals surface area contributed by atoms with Crippen molar-refractivity contribution in [3.63, 3.8) is 0 Å². The highest BCUT2D eigenvalue weighted by Gasteiger charge is 2.28. The summed E-state index contributed by atoms with van der Waals surface area (Å²) >= 11 is 1.57. The van der Waals surface area contributed by atoms with Crippen molar-refractivity contribution in [3.8, 4) is 0 Å². The molecule has 23 heavy (non-hydrogen) atoms. The number of hydrogen-bond acceptors (Lipinski definition) is 4. The lowest BCUT2D eigenvalue weighted by atomic mass is 10.2. The summed E-state index contributed by atoms with van der Waals surface area (Å²) in [5.74, 6) is 0.125.